The van der Waals surface area contributed by atoms with Crippen molar-refractivity contribution in [3.05, 3.63) is 41.7 Å². The number of allylic oxidation sites excluding steroid dienone is 2. The van der Waals surface area contributed by atoms with E-state index in [2.05, 4.69) is 0 Å². The van der Waals surface area contributed by atoms with E-state index < -0.39 is 12.1 Å². The summed E-state index contributed by atoms with van der Waals surface area (Å²) in [6.07, 6.45) is 2.10. The second-order valence-corrected chi connectivity index (χ2v) is 4.19. The molecule has 0 saturated carbocycles. The number of para-hydroxylation sites is 1. The lowest BCUT2D eigenvalue weighted by Gasteiger charge is -2.10. The molecule has 0 radical (unpaired) electrons. The van der Waals surface area contributed by atoms with Crippen molar-refractivity contribution in [1.82, 2.24) is 0 Å². The maximum absolute atomic E-state index is 11.9. The van der Waals surface area contributed by atoms with Crippen LogP contribution in [0.1, 0.15) is 44.0 Å². The third-order valence-electron chi connectivity index (χ3n) is 2.62. The van der Waals surface area contributed by atoms with E-state index in [4.69, 9.17) is 14.2 Å². The SMILES string of the molecule is CC=C(CC)OC(=O)Oc1ccccc1C(=O)OCCC. The topological polar surface area (TPSA) is 61.8 Å². The van der Waals surface area contributed by atoms with Crippen LogP contribution in [0.4, 0.5) is 4.79 Å². The van der Waals surface area contributed by atoms with Crippen molar-refractivity contribution >= 4 is 12.1 Å². The third-order valence-corrected chi connectivity index (χ3v) is 2.62. The third kappa shape index (κ3) is 5.30. The summed E-state index contributed by atoms with van der Waals surface area (Å²) in [5.74, 6) is 0.100. The van der Waals surface area contributed by atoms with Gasteiger partial charge in [0.15, 0.2) is 0 Å². The average molecular weight is 292 g/mol. The monoisotopic (exact) mass is 292 g/mol. The summed E-state index contributed by atoms with van der Waals surface area (Å²) >= 11 is 0. The van der Waals surface area contributed by atoms with Crippen LogP contribution in [0.2, 0.25) is 0 Å². The summed E-state index contributed by atoms with van der Waals surface area (Å²) in [5.41, 5.74) is 0.196. The fourth-order valence-electron chi connectivity index (χ4n) is 1.55. The second-order valence-electron chi connectivity index (χ2n) is 4.19. The van der Waals surface area contributed by atoms with E-state index >= 15 is 0 Å². The molecule has 0 aromatic heterocycles. The lowest BCUT2D eigenvalue weighted by molar-refractivity contribution is 0.0501. The molecule has 1 aromatic carbocycles. The molecule has 0 aliphatic rings. The van der Waals surface area contributed by atoms with Gasteiger partial charge in [-0.3, -0.25) is 0 Å². The van der Waals surface area contributed by atoms with E-state index in [9.17, 15) is 9.59 Å². The van der Waals surface area contributed by atoms with Crippen LogP contribution in [0.3, 0.4) is 0 Å². The van der Waals surface area contributed by atoms with Crippen LogP contribution in [0.25, 0.3) is 0 Å². The predicted molar refractivity (Wildman–Crippen MR) is 78.2 cm³/mol. The number of hydrogen-bond acceptors (Lipinski definition) is 5. The van der Waals surface area contributed by atoms with Crippen LogP contribution in [0, 0.1) is 0 Å². The smallest absolute Gasteiger partial charge is 0.462 e. The molecule has 0 spiro atoms. The van der Waals surface area contributed by atoms with Gasteiger partial charge in [-0.2, -0.15) is 0 Å². The molecule has 0 fully saturated rings. The van der Waals surface area contributed by atoms with Crippen molar-refractivity contribution in [2.45, 2.75) is 33.6 Å². The Morgan fingerprint density at radius 2 is 1.90 bits per heavy atom. The zero-order chi connectivity index (χ0) is 15.7. The highest BCUT2D eigenvalue weighted by Crippen LogP contribution is 2.20. The van der Waals surface area contributed by atoms with Crippen LogP contribution in [-0.2, 0) is 9.47 Å². The van der Waals surface area contributed by atoms with Crippen molar-refractivity contribution in [3.8, 4) is 5.75 Å². The maximum Gasteiger partial charge on any atom is 0.519 e. The fraction of sp³-hybridized carbons (Fsp3) is 0.375. The number of esters is 1. The summed E-state index contributed by atoms with van der Waals surface area (Å²) in [7, 11) is 0. The first kappa shape index (κ1) is 16.8. The normalized spacial score (nSPS) is 10.9. The molecule has 114 valence electrons. The van der Waals surface area contributed by atoms with Gasteiger partial charge in [0.1, 0.15) is 17.1 Å². The molecule has 0 aliphatic heterocycles. The van der Waals surface area contributed by atoms with E-state index in [1.165, 1.54) is 12.1 Å². The van der Waals surface area contributed by atoms with E-state index in [-0.39, 0.29) is 11.3 Å². The molecule has 0 atom stereocenters. The zero-order valence-corrected chi connectivity index (χ0v) is 12.5. The second kappa shape index (κ2) is 8.79. The molecule has 0 amide bonds. The lowest BCUT2D eigenvalue weighted by atomic mass is 10.2. The Kier molecular flexibility index (Phi) is 7.01. The number of carbonyl (C=O) groups is 2. The minimum absolute atomic E-state index is 0.121. The van der Waals surface area contributed by atoms with Crippen molar-refractivity contribution < 1.29 is 23.8 Å². The quantitative estimate of drug-likeness (QED) is 0.449. The minimum atomic E-state index is -0.874. The Morgan fingerprint density at radius 1 is 1.19 bits per heavy atom. The number of rotatable bonds is 6. The van der Waals surface area contributed by atoms with Crippen molar-refractivity contribution in [2.24, 2.45) is 0 Å². The standard InChI is InChI=1S/C16H20O5/c1-4-11-19-15(17)13-9-7-8-10-14(13)21-16(18)20-12(5-2)6-3/h5,7-10H,4,6,11H2,1-3H3. The number of hydrogen-bond donors (Lipinski definition) is 0. The largest absolute Gasteiger partial charge is 0.519 e. The lowest BCUT2D eigenvalue weighted by Crippen LogP contribution is -2.14. The number of carbonyl (C=O) groups excluding carboxylic acids is 2. The van der Waals surface area contributed by atoms with Gasteiger partial charge in [0.2, 0.25) is 0 Å². The zero-order valence-electron chi connectivity index (χ0n) is 12.5. The summed E-state index contributed by atoms with van der Waals surface area (Å²) < 4.78 is 15.1. The van der Waals surface area contributed by atoms with E-state index in [0.717, 1.165) is 6.42 Å². The van der Waals surface area contributed by atoms with Crippen molar-refractivity contribution in [2.75, 3.05) is 6.61 Å². The van der Waals surface area contributed by atoms with Gasteiger partial charge in [-0.1, -0.05) is 26.0 Å². The van der Waals surface area contributed by atoms with Gasteiger partial charge in [-0.05, 0) is 31.6 Å². The van der Waals surface area contributed by atoms with Gasteiger partial charge in [0, 0.05) is 6.42 Å². The number of ether oxygens (including phenoxy) is 3. The van der Waals surface area contributed by atoms with Gasteiger partial charge in [0.25, 0.3) is 0 Å². The summed E-state index contributed by atoms with van der Waals surface area (Å²) in [5, 5.41) is 0. The van der Waals surface area contributed by atoms with Crippen molar-refractivity contribution in [3.63, 3.8) is 0 Å². The molecule has 0 unspecified atom stereocenters. The highest BCUT2D eigenvalue weighted by atomic mass is 16.7. The summed E-state index contributed by atoms with van der Waals surface area (Å²) in [4.78, 5) is 23.6. The van der Waals surface area contributed by atoms with Crippen LogP contribution in [0.5, 0.6) is 5.75 Å². The first-order valence-electron chi connectivity index (χ1n) is 6.93. The van der Waals surface area contributed by atoms with E-state index in [1.54, 1.807) is 25.1 Å². The Hall–Kier alpha value is -2.30. The maximum atomic E-state index is 11.9. The van der Waals surface area contributed by atoms with Gasteiger partial charge in [-0.25, -0.2) is 9.59 Å². The molecule has 0 N–H and O–H groups in total. The molecule has 0 bridgehead atoms. The van der Waals surface area contributed by atoms with Crippen LogP contribution < -0.4 is 4.74 Å². The van der Waals surface area contributed by atoms with Gasteiger partial charge >= 0.3 is 12.1 Å². The van der Waals surface area contributed by atoms with Crippen molar-refractivity contribution in [1.29, 1.82) is 0 Å². The van der Waals surface area contributed by atoms with E-state index in [1.807, 2.05) is 13.8 Å². The Balaban J connectivity index is 2.79. The Bertz CT molecular complexity index is 519. The first-order chi connectivity index (χ1) is 10.1. The molecule has 5 heteroatoms. The van der Waals surface area contributed by atoms with Crippen LogP contribution >= 0.6 is 0 Å². The van der Waals surface area contributed by atoms with Gasteiger partial charge in [-0.15, -0.1) is 0 Å². The molecule has 1 rings (SSSR count). The molecule has 1 aromatic rings. The number of benzene rings is 1. The average Bonchev–Trinajstić information content (AvgIpc) is 2.50. The predicted octanol–water partition coefficient (Wildman–Crippen LogP) is 4.08. The fourth-order valence-corrected chi connectivity index (χ4v) is 1.55. The molecular weight excluding hydrogens is 272 g/mol. The highest BCUT2D eigenvalue weighted by molar-refractivity contribution is 5.93. The first-order valence-corrected chi connectivity index (χ1v) is 6.93. The molecule has 0 saturated heterocycles. The van der Waals surface area contributed by atoms with Crippen LogP contribution in [-0.4, -0.2) is 18.7 Å². The highest BCUT2D eigenvalue weighted by Gasteiger charge is 2.17. The van der Waals surface area contributed by atoms with Crippen LogP contribution in [0.15, 0.2) is 36.1 Å². The van der Waals surface area contributed by atoms with E-state index in [0.29, 0.717) is 18.8 Å². The Labute approximate surface area is 124 Å². The molecule has 5 nitrogen and oxygen atoms in total. The summed E-state index contributed by atoms with van der Waals surface area (Å²) in [6.45, 7) is 5.84. The van der Waals surface area contributed by atoms with Gasteiger partial charge in [0.05, 0.1) is 6.61 Å². The minimum Gasteiger partial charge on any atom is -0.462 e. The summed E-state index contributed by atoms with van der Waals surface area (Å²) in [6, 6.07) is 6.39. The van der Waals surface area contributed by atoms with Gasteiger partial charge < -0.3 is 14.2 Å². The molecule has 0 heterocycles. The molecule has 0 aliphatic carbocycles. The molecule has 21 heavy (non-hydrogen) atoms. The Morgan fingerprint density at radius 3 is 2.52 bits per heavy atom. The molecular formula is C16H20O5.